The van der Waals surface area contributed by atoms with Gasteiger partial charge in [0.05, 0.1) is 33.5 Å². The minimum absolute atomic E-state index is 0. The molecular weight excluding hydrogens is 486 g/mol. The molecule has 8 nitrogen and oxygen atoms in total. The molecule has 0 unspecified atom stereocenters. The van der Waals surface area contributed by atoms with E-state index in [1.54, 1.807) is 45.9 Å². The Bertz CT molecular complexity index is 915. The fraction of sp³-hybridized carbons (Fsp3) is 0.333. The SMILES string of the molecule is O=S(=O)([O-])CCCOc1ccc(SSc2ccc(OCCCS(=O)(=O)[O-])cc2)cc1.[Li+].[Li+]. The van der Waals surface area contributed by atoms with Crippen molar-refractivity contribution in [3.05, 3.63) is 48.5 Å². The molecule has 0 amide bonds. The minimum Gasteiger partial charge on any atom is -0.748 e. The van der Waals surface area contributed by atoms with Crippen LogP contribution < -0.4 is 47.2 Å². The Labute approximate surface area is 220 Å². The number of rotatable bonds is 13. The average Bonchev–Trinajstić information content (AvgIpc) is 2.67. The van der Waals surface area contributed by atoms with Crippen molar-refractivity contribution in [2.45, 2.75) is 22.6 Å². The molecule has 0 aliphatic rings. The van der Waals surface area contributed by atoms with Crippen LogP contribution in [0.25, 0.3) is 0 Å². The Morgan fingerprint density at radius 2 is 0.938 bits per heavy atom. The summed E-state index contributed by atoms with van der Waals surface area (Å²) >= 11 is 0. The van der Waals surface area contributed by atoms with E-state index in [0.717, 1.165) is 9.79 Å². The molecule has 2 aromatic rings. The first-order valence-electron chi connectivity index (χ1n) is 8.78. The van der Waals surface area contributed by atoms with Crippen LogP contribution in [0.4, 0.5) is 0 Å². The molecular formula is C18H20Li2O8S4. The van der Waals surface area contributed by atoms with Crippen molar-refractivity contribution >= 4 is 41.8 Å². The Hall–Kier alpha value is -0.245. The summed E-state index contributed by atoms with van der Waals surface area (Å²) in [7, 11) is -5.34. The molecule has 2 aromatic carbocycles. The molecule has 14 heteroatoms. The van der Waals surface area contributed by atoms with E-state index in [0.29, 0.717) is 11.5 Å². The van der Waals surface area contributed by atoms with Gasteiger partial charge in [-0.15, -0.1) is 0 Å². The molecule has 0 heterocycles. The average molecular weight is 507 g/mol. The van der Waals surface area contributed by atoms with Crippen LogP contribution in [-0.4, -0.2) is 50.7 Å². The van der Waals surface area contributed by atoms with Crippen LogP contribution in [0.15, 0.2) is 58.3 Å². The van der Waals surface area contributed by atoms with Crippen molar-refractivity contribution in [3.63, 3.8) is 0 Å². The molecule has 166 valence electrons. The van der Waals surface area contributed by atoms with E-state index < -0.39 is 31.7 Å². The third kappa shape index (κ3) is 14.8. The van der Waals surface area contributed by atoms with Gasteiger partial charge in [0, 0.05) is 21.3 Å². The van der Waals surface area contributed by atoms with E-state index in [9.17, 15) is 25.9 Å². The molecule has 0 aliphatic heterocycles. The van der Waals surface area contributed by atoms with Crippen molar-refractivity contribution in [1.29, 1.82) is 0 Å². The first-order chi connectivity index (χ1) is 14.1. The second-order valence-electron chi connectivity index (χ2n) is 6.04. The van der Waals surface area contributed by atoms with E-state index in [4.69, 9.17) is 9.47 Å². The maximum Gasteiger partial charge on any atom is 1.00 e. The number of hydrogen-bond acceptors (Lipinski definition) is 10. The topological polar surface area (TPSA) is 133 Å². The van der Waals surface area contributed by atoms with Crippen molar-refractivity contribution in [2.24, 2.45) is 0 Å². The summed E-state index contributed by atoms with van der Waals surface area (Å²) in [5.74, 6) is 0.310. The van der Waals surface area contributed by atoms with Gasteiger partial charge in [0.25, 0.3) is 0 Å². The molecule has 32 heavy (non-hydrogen) atoms. The maximum absolute atomic E-state index is 10.5. The Kier molecular flexibility index (Phi) is 15.5. The zero-order valence-corrected chi connectivity index (χ0v) is 21.0. The van der Waals surface area contributed by atoms with E-state index in [1.807, 2.05) is 24.3 Å². The molecule has 0 fully saturated rings. The predicted octanol–water partition coefficient (Wildman–Crippen LogP) is -2.88. The molecule has 0 aliphatic carbocycles. The molecule has 0 saturated carbocycles. The molecule has 0 saturated heterocycles. The van der Waals surface area contributed by atoms with Crippen LogP contribution in [0.3, 0.4) is 0 Å². The minimum atomic E-state index is -4.21. The van der Waals surface area contributed by atoms with Crippen molar-refractivity contribution in [2.75, 3.05) is 24.7 Å². The first-order valence-corrected chi connectivity index (χ1v) is 14.1. The summed E-state index contributed by atoms with van der Waals surface area (Å²) in [5, 5.41) is 0. The third-order valence-electron chi connectivity index (χ3n) is 3.50. The fourth-order valence-corrected chi connectivity index (χ4v) is 5.00. The zero-order valence-electron chi connectivity index (χ0n) is 17.8. The number of benzene rings is 2. The van der Waals surface area contributed by atoms with Crippen LogP contribution in [0.1, 0.15) is 12.8 Å². The summed E-state index contributed by atoms with van der Waals surface area (Å²) in [5.41, 5.74) is 0. The number of hydrogen-bond donors (Lipinski definition) is 0. The van der Waals surface area contributed by atoms with Crippen LogP contribution in [0.5, 0.6) is 11.5 Å². The van der Waals surface area contributed by atoms with E-state index in [2.05, 4.69) is 0 Å². The summed E-state index contributed by atoms with van der Waals surface area (Å²) in [4.78, 5) is 1.99. The quantitative estimate of drug-likeness (QED) is 0.121. The molecule has 0 spiro atoms. The molecule has 0 atom stereocenters. The van der Waals surface area contributed by atoms with Crippen molar-refractivity contribution in [3.8, 4) is 11.5 Å². The fourth-order valence-electron chi connectivity index (χ4n) is 2.13. The monoisotopic (exact) mass is 506 g/mol. The van der Waals surface area contributed by atoms with Crippen LogP contribution in [0.2, 0.25) is 0 Å². The molecule has 2 rings (SSSR count). The van der Waals surface area contributed by atoms with E-state index in [1.165, 1.54) is 0 Å². The summed E-state index contributed by atoms with van der Waals surface area (Å²) in [6, 6.07) is 14.6. The Morgan fingerprint density at radius 1 is 0.625 bits per heavy atom. The normalized spacial score (nSPS) is 11.2. The van der Waals surface area contributed by atoms with Gasteiger partial charge in [-0.3, -0.25) is 0 Å². The standard InChI is InChI=1S/C18H22O8S4.2Li/c19-29(20,21)13-1-11-25-15-3-7-17(8-4-15)27-28-18-9-5-16(6-10-18)26-12-2-14-30(22,23)24;;/h3-10H,1-2,11-14H2,(H,19,20,21)(H,22,23,24);;/q;2*+1/p-2. The van der Waals surface area contributed by atoms with Crippen molar-refractivity contribution < 1.29 is 73.1 Å². The predicted molar refractivity (Wildman–Crippen MR) is 114 cm³/mol. The number of ether oxygens (including phenoxy) is 2. The summed E-state index contributed by atoms with van der Waals surface area (Å²) < 4.78 is 74.0. The summed E-state index contributed by atoms with van der Waals surface area (Å²) in [6.07, 6.45) is 0.297. The molecule has 0 N–H and O–H groups in total. The Morgan fingerprint density at radius 3 is 1.22 bits per heavy atom. The van der Waals surface area contributed by atoms with Gasteiger partial charge in [-0.2, -0.15) is 0 Å². The second-order valence-corrected chi connectivity index (χ2v) is 11.4. The molecule has 0 radical (unpaired) electrons. The van der Waals surface area contributed by atoms with Gasteiger partial charge in [0.1, 0.15) is 11.5 Å². The smallest absolute Gasteiger partial charge is 0.748 e. The zero-order chi connectivity index (χ0) is 22.0. The first kappa shape index (κ1) is 31.8. The van der Waals surface area contributed by atoms with Crippen LogP contribution >= 0.6 is 21.6 Å². The Balaban J connectivity index is 0.00000480. The van der Waals surface area contributed by atoms with Gasteiger partial charge in [0.2, 0.25) is 0 Å². The third-order valence-corrected chi connectivity index (χ3v) is 7.49. The van der Waals surface area contributed by atoms with Gasteiger partial charge >= 0.3 is 37.7 Å². The van der Waals surface area contributed by atoms with E-state index >= 15 is 0 Å². The molecule has 0 aromatic heterocycles. The van der Waals surface area contributed by atoms with Gasteiger partial charge < -0.3 is 18.6 Å². The molecule has 0 bridgehead atoms. The van der Waals surface area contributed by atoms with Gasteiger partial charge in [-0.25, -0.2) is 16.8 Å². The summed E-state index contributed by atoms with van der Waals surface area (Å²) in [6.45, 7) is 0.313. The van der Waals surface area contributed by atoms with Crippen LogP contribution in [-0.2, 0) is 20.2 Å². The second kappa shape index (κ2) is 15.6. The van der Waals surface area contributed by atoms with Gasteiger partial charge in [-0.05, 0) is 61.4 Å². The maximum atomic E-state index is 10.5. The van der Waals surface area contributed by atoms with Gasteiger partial charge in [0.15, 0.2) is 0 Å². The van der Waals surface area contributed by atoms with Crippen molar-refractivity contribution in [1.82, 2.24) is 0 Å². The van der Waals surface area contributed by atoms with Gasteiger partial charge in [-0.1, -0.05) is 21.6 Å². The largest absolute Gasteiger partial charge is 1.00 e. The van der Waals surface area contributed by atoms with Crippen LogP contribution in [0, 0.1) is 0 Å². The van der Waals surface area contributed by atoms with E-state index in [-0.39, 0.29) is 63.8 Å².